The van der Waals surface area contributed by atoms with Crippen LogP contribution in [0.1, 0.15) is 97.4 Å². The van der Waals surface area contributed by atoms with Crippen LogP contribution in [-0.2, 0) is 30.8 Å². The Kier molecular flexibility index (Phi) is 7.80. The van der Waals surface area contributed by atoms with Gasteiger partial charge in [-0.2, -0.15) is 0 Å². The van der Waals surface area contributed by atoms with Crippen molar-refractivity contribution in [2.45, 2.75) is 88.3 Å². The molecule has 1 heterocycles. The maximum atomic E-state index is 2.77. The molecule has 0 bridgehead atoms. The van der Waals surface area contributed by atoms with Crippen LogP contribution < -0.4 is 0 Å². The second kappa shape index (κ2) is 11.3. The summed E-state index contributed by atoms with van der Waals surface area (Å²) in [4.78, 5) is 0. The third-order valence-electron chi connectivity index (χ3n) is 11.1. The summed E-state index contributed by atoms with van der Waals surface area (Å²) in [5.74, 6) is 0.609. The minimum absolute atomic E-state index is 0.173. The average Bonchev–Trinajstić information content (AvgIpc) is 3.55. The standard InChI is InChI=1S/C41H44Si.2CH3.Hf/c1-8-11-36-35-15-10-14-34(28-18-22-31(23-19-28)41(5,6)7)38(35)26-39(36)42-32-24-29-12-9-13-33(37(29)25-32)27-16-20-30(21-17-27)40(2,3)4;;;/h9-10,12-26,36H,1,8,11,42H2,2-7H3;2*1H3;. The quantitative estimate of drug-likeness (QED) is 0.178. The van der Waals surface area contributed by atoms with E-state index in [0.29, 0.717) is 5.92 Å². The van der Waals surface area contributed by atoms with Crippen LogP contribution in [0.5, 0.6) is 0 Å². The Morgan fingerprint density at radius 3 is 1.62 bits per heavy atom. The van der Waals surface area contributed by atoms with Crippen molar-refractivity contribution in [2.75, 3.05) is 0 Å². The zero-order valence-corrected chi connectivity index (χ0v) is 33.7. The maximum absolute atomic E-state index is 2.77. The first-order chi connectivity index (χ1) is 21.3. The normalized spacial score (nSPS) is 21.1. The van der Waals surface area contributed by atoms with E-state index in [2.05, 4.69) is 148 Å². The molecule has 1 fully saturated rings. The van der Waals surface area contributed by atoms with Crippen LogP contribution in [0.4, 0.5) is 0 Å². The predicted octanol–water partition coefficient (Wildman–Crippen LogP) is 11.8. The van der Waals surface area contributed by atoms with Crippen LogP contribution in [0.15, 0.2) is 95.3 Å². The fourth-order valence-corrected chi connectivity index (χ4v) is 29.2. The molecule has 0 radical (unpaired) electrons. The summed E-state index contributed by atoms with van der Waals surface area (Å²) in [6.45, 7) is 13.8. The van der Waals surface area contributed by atoms with E-state index in [1.165, 1.54) is 61.5 Å². The van der Waals surface area contributed by atoms with E-state index in [9.17, 15) is 0 Å². The van der Waals surface area contributed by atoms with Crippen LogP contribution in [-0.4, -0.2) is 9.52 Å². The van der Waals surface area contributed by atoms with E-state index >= 15 is 0 Å². The monoisotopic (exact) mass is 774 g/mol. The molecule has 3 aliphatic rings. The van der Waals surface area contributed by atoms with Gasteiger partial charge in [0.2, 0.25) is 0 Å². The van der Waals surface area contributed by atoms with E-state index in [1.807, 2.05) is 5.20 Å². The molecule has 2 heteroatoms. The van der Waals surface area contributed by atoms with Crippen molar-refractivity contribution in [3.63, 3.8) is 0 Å². The van der Waals surface area contributed by atoms with Crippen LogP contribution in [0.3, 0.4) is 0 Å². The molecule has 1 saturated heterocycles. The van der Waals surface area contributed by atoms with Crippen molar-refractivity contribution in [3.8, 4) is 22.3 Å². The Bertz CT molecular complexity index is 1820. The van der Waals surface area contributed by atoms with Gasteiger partial charge in [0.1, 0.15) is 0 Å². The summed E-state index contributed by atoms with van der Waals surface area (Å²) in [6, 6.07) is 33.2. The Morgan fingerprint density at radius 2 is 1.09 bits per heavy atom. The molecule has 0 N–H and O–H groups in total. The van der Waals surface area contributed by atoms with E-state index in [1.54, 1.807) is 16.3 Å². The number of rotatable bonds is 2. The molecule has 2 atom stereocenters. The van der Waals surface area contributed by atoms with Gasteiger partial charge in [0.05, 0.1) is 0 Å². The number of fused-ring (bicyclic) bond motifs is 6. The molecule has 2 aliphatic carbocycles. The Hall–Kier alpha value is -2.55. The summed E-state index contributed by atoms with van der Waals surface area (Å²) in [7, 11) is -0.573. The van der Waals surface area contributed by atoms with Crippen molar-refractivity contribution < 1.29 is 20.0 Å². The van der Waals surface area contributed by atoms with Crippen LogP contribution in [0.25, 0.3) is 34.4 Å². The van der Waals surface area contributed by atoms with E-state index in [4.69, 9.17) is 0 Å². The summed E-state index contributed by atoms with van der Waals surface area (Å²) < 4.78 is 7.76. The first-order valence-corrected chi connectivity index (χ1v) is 30.4. The van der Waals surface area contributed by atoms with Gasteiger partial charge in [-0.05, 0) is 0 Å². The van der Waals surface area contributed by atoms with Crippen molar-refractivity contribution >= 4 is 21.7 Å². The summed E-state index contributed by atoms with van der Waals surface area (Å²) >= 11 is -2.59. The molecular weight excluding hydrogens is 723 g/mol. The third-order valence-corrected chi connectivity index (χ3v) is 28.6. The zero-order chi connectivity index (χ0) is 31.7. The summed E-state index contributed by atoms with van der Waals surface area (Å²) in [6.07, 6.45) is 8.08. The number of hydrogen-bond acceptors (Lipinski definition) is 0. The molecule has 1 aliphatic heterocycles. The van der Waals surface area contributed by atoms with Crippen molar-refractivity contribution in [3.05, 3.63) is 129 Å². The van der Waals surface area contributed by atoms with Gasteiger partial charge in [0, 0.05) is 0 Å². The van der Waals surface area contributed by atoms with Gasteiger partial charge in [-0.15, -0.1) is 0 Å². The van der Waals surface area contributed by atoms with Gasteiger partial charge in [0.25, 0.3) is 0 Å². The van der Waals surface area contributed by atoms with Crippen LogP contribution >= 0.6 is 0 Å². The number of hydrogen-bond donors (Lipinski definition) is 0. The fraction of sp³-hybridized carbons (Fsp3) is 0.349. The summed E-state index contributed by atoms with van der Waals surface area (Å²) in [5, 5.41) is 3.63. The van der Waals surface area contributed by atoms with Gasteiger partial charge in [-0.3, -0.25) is 0 Å². The van der Waals surface area contributed by atoms with Gasteiger partial charge >= 0.3 is 260 Å². The van der Waals surface area contributed by atoms with Crippen LogP contribution in [0, 0.1) is 0 Å². The molecule has 0 spiro atoms. The topological polar surface area (TPSA) is 0 Å². The molecule has 2 unspecified atom stereocenters. The molecule has 0 nitrogen and oxygen atoms in total. The minimum atomic E-state index is -2.59. The molecule has 7 rings (SSSR count). The molecular formula is C43H50HfSi. The Morgan fingerprint density at radius 1 is 0.600 bits per heavy atom. The number of benzene rings is 4. The molecule has 230 valence electrons. The molecule has 0 aromatic heterocycles. The Labute approximate surface area is 279 Å². The predicted molar refractivity (Wildman–Crippen MR) is 197 cm³/mol. The second-order valence-corrected chi connectivity index (χ2v) is 36.9. The third kappa shape index (κ3) is 5.69. The second-order valence-electron chi connectivity index (χ2n) is 16.8. The van der Waals surface area contributed by atoms with Crippen molar-refractivity contribution in [2.24, 2.45) is 0 Å². The van der Waals surface area contributed by atoms with E-state index in [0.717, 1.165) is 3.67 Å². The number of allylic oxidation sites excluding steroid dienone is 2. The fourth-order valence-electron chi connectivity index (χ4n) is 8.53. The summed E-state index contributed by atoms with van der Waals surface area (Å²) in [5.41, 5.74) is 15.0. The van der Waals surface area contributed by atoms with Crippen molar-refractivity contribution in [1.29, 1.82) is 0 Å². The molecule has 0 saturated carbocycles. The first-order valence-electron chi connectivity index (χ1n) is 17.2. The van der Waals surface area contributed by atoms with E-state index < -0.39 is 29.5 Å². The van der Waals surface area contributed by atoms with E-state index in [-0.39, 0.29) is 10.8 Å². The van der Waals surface area contributed by atoms with Gasteiger partial charge in [-0.25, -0.2) is 0 Å². The molecule has 4 aromatic rings. The zero-order valence-electron chi connectivity index (χ0n) is 28.7. The van der Waals surface area contributed by atoms with Gasteiger partial charge < -0.3 is 0 Å². The Balaban J connectivity index is 1.29. The average molecular weight is 773 g/mol. The van der Waals surface area contributed by atoms with Gasteiger partial charge in [-0.1, -0.05) is 20.8 Å². The molecule has 0 amide bonds. The van der Waals surface area contributed by atoms with Crippen molar-refractivity contribution in [1.82, 2.24) is 0 Å². The first kappa shape index (κ1) is 31.1. The van der Waals surface area contributed by atoms with Crippen LogP contribution in [0.2, 0.25) is 13.5 Å². The molecule has 45 heavy (non-hydrogen) atoms. The molecule has 4 aromatic carbocycles. The van der Waals surface area contributed by atoms with Gasteiger partial charge in [0.15, 0.2) is 0 Å². The SMILES string of the molecule is CC(C)(C)c1ccc(-c2cccc3c2C=C2[SiH2]C4=Cc5c(-c6ccc(C(C)(C)C)cc6)cccc5[CH]4[Hf]([CH3])([CH3])[CH2]CCC23)cc1.